The average Bonchev–Trinajstić information content (AvgIpc) is 2.33. The summed E-state index contributed by atoms with van der Waals surface area (Å²) in [4.78, 5) is 0.0344. The molecule has 0 atom stereocenters. The van der Waals surface area contributed by atoms with E-state index in [2.05, 4.69) is 16.6 Å². The topological polar surface area (TPSA) is 66.4 Å². The number of aliphatic hydroxyl groups is 1. The van der Waals surface area contributed by atoms with Crippen LogP contribution in [0.4, 0.5) is 0 Å². The molecule has 6 heteroatoms. The summed E-state index contributed by atoms with van der Waals surface area (Å²) in [5, 5.41) is 8.68. The van der Waals surface area contributed by atoms with Crippen molar-refractivity contribution < 1.29 is 13.5 Å². The van der Waals surface area contributed by atoms with Crippen molar-refractivity contribution in [3.8, 4) is 11.8 Å². The van der Waals surface area contributed by atoms with Gasteiger partial charge in [-0.1, -0.05) is 30.4 Å². The van der Waals surface area contributed by atoms with E-state index in [1.165, 1.54) is 12.1 Å². The van der Waals surface area contributed by atoms with Crippen molar-refractivity contribution >= 4 is 21.6 Å². The lowest BCUT2D eigenvalue weighted by molar-refractivity contribution is 0.350. The number of hydrogen-bond donors (Lipinski definition) is 2. The first-order chi connectivity index (χ1) is 8.51. The van der Waals surface area contributed by atoms with Crippen LogP contribution in [0.2, 0.25) is 5.02 Å². The van der Waals surface area contributed by atoms with E-state index in [9.17, 15) is 8.42 Å². The Labute approximate surface area is 112 Å². The highest BCUT2D eigenvalue weighted by Gasteiger charge is 2.16. The van der Waals surface area contributed by atoms with Gasteiger partial charge in [0, 0.05) is 12.1 Å². The van der Waals surface area contributed by atoms with E-state index in [1.54, 1.807) is 6.07 Å². The molecule has 1 rings (SSSR count). The molecule has 98 valence electrons. The van der Waals surface area contributed by atoms with Crippen LogP contribution in [0.25, 0.3) is 0 Å². The Morgan fingerprint density at radius 1 is 1.44 bits per heavy atom. The molecule has 0 saturated carbocycles. The van der Waals surface area contributed by atoms with Crippen molar-refractivity contribution in [2.75, 3.05) is 13.2 Å². The Morgan fingerprint density at radius 2 is 2.17 bits per heavy atom. The highest BCUT2D eigenvalue weighted by molar-refractivity contribution is 7.89. The smallest absolute Gasteiger partial charge is 0.242 e. The third kappa shape index (κ3) is 4.00. The number of benzene rings is 1. The summed E-state index contributed by atoms with van der Waals surface area (Å²) < 4.78 is 26.2. The summed E-state index contributed by atoms with van der Waals surface area (Å²) in [6.45, 7) is 1.98. The average molecular weight is 288 g/mol. The molecule has 0 saturated heterocycles. The van der Waals surface area contributed by atoms with Crippen LogP contribution in [0.3, 0.4) is 0 Å². The minimum Gasteiger partial charge on any atom is -0.384 e. The Balaban J connectivity index is 3.05. The molecule has 0 spiro atoms. The highest BCUT2D eigenvalue weighted by atomic mass is 35.5. The molecule has 0 radical (unpaired) electrons. The summed E-state index contributed by atoms with van der Waals surface area (Å²) in [7, 11) is -3.57. The zero-order valence-electron chi connectivity index (χ0n) is 9.90. The molecule has 1 aromatic rings. The third-order valence-corrected chi connectivity index (χ3v) is 4.02. The van der Waals surface area contributed by atoms with Gasteiger partial charge in [0.05, 0.1) is 5.02 Å². The fourth-order valence-corrected chi connectivity index (χ4v) is 2.93. The van der Waals surface area contributed by atoms with Crippen LogP contribution in [-0.2, 0) is 10.0 Å². The molecule has 0 aliphatic rings. The van der Waals surface area contributed by atoms with Crippen molar-refractivity contribution in [3.05, 3.63) is 28.8 Å². The molecule has 0 aliphatic heterocycles. The van der Waals surface area contributed by atoms with Crippen LogP contribution in [0.5, 0.6) is 0 Å². The Bertz CT molecular complexity index is 573. The molecule has 18 heavy (non-hydrogen) atoms. The maximum Gasteiger partial charge on any atom is 0.242 e. The molecule has 0 bridgehead atoms. The second-order valence-corrected chi connectivity index (χ2v) is 5.65. The summed E-state index contributed by atoms with van der Waals surface area (Å²) in [6.07, 6.45) is 0.705. The van der Waals surface area contributed by atoms with Crippen LogP contribution in [0.1, 0.15) is 18.9 Å². The number of rotatable bonds is 4. The maximum atomic E-state index is 11.9. The van der Waals surface area contributed by atoms with Crippen molar-refractivity contribution in [1.82, 2.24) is 4.72 Å². The Kier molecular flexibility index (Phi) is 5.63. The molecule has 0 heterocycles. The van der Waals surface area contributed by atoms with Gasteiger partial charge in [-0.05, 0) is 24.6 Å². The van der Waals surface area contributed by atoms with E-state index < -0.39 is 10.0 Å². The van der Waals surface area contributed by atoms with Crippen LogP contribution >= 0.6 is 11.6 Å². The molecule has 0 aliphatic carbocycles. The minimum absolute atomic E-state index is 0.0344. The van der Waals surface area contributed by atoms with Crippen molar-refractivity contribution in [2.24, 2.45) is 0 Å². The first-order valence-electron chi connectivity index (χ1n) is 5.40. The van der Waals surface area contributed by atoms with E-state index in [0.29, 0.717) is 18.5 Å². The molecule has 4 nitrogen and oxygen atoms in total. The molecule has 0 fully saturated rings. The van der Waals surface area contributed by atoms with E-state index in [0.717, 1.165) is 0 Å². The van der Waals surface area contributed by atoms with Crippen molar-refractivity contribution in [2.45, 2.75) is 18.2 Å². The standard InChI is InChI=1S/C12H14ClNO3S/c1-2-7-14-18(16,17)12-6-5-10(4-3-8-15)9-11(12)13/h5-6,9,14-15H,2,7-8H2,1H3. The lowest BCUT2D eigenvalue weighted by Crippen LogP contribution is -2.24. The van der Waals surface area contributed by atoms with Gasteiger partial charge in [-0.3, -0.25) is 0 Å². The van der Waals surface area contributed by atoms with Crippen molar-refractivity contribution in [3.63, 3.8) is 0 Å². The van der Waals surface area contributed by atoms with E-state index >= 15 is 0 Å². The number of hydrogen-bond acceptors (Lipinski definition) is 3. The van der Waals surface area contributed by atoms with Crippen molar-refractivity contribution in [1.29, 1.82) is 0 Å². The first kappa shape index (κ1) is 15.0. The molecule has 1 aromatic carbocycles. The second kappa shape index (κ2) is 6.76. The summed E-state index contributed by atoms with van der Waals surface area (Å²) in [5.41, 5.74) is 0.559. The predicted molar refractivity (Wildman–Crippen MR) is 70.9 cm³/mol. The van der Waals surface area contributed by atoms with Gasteiger partial charge in [0.1, 0.15) is 11.5 Å². The fraction of sp³-hybridized carbons (Fsp3) is 0.333. The third-order valence-electron chi connectivity index (χ3n) is 2.08. The lowest BCUT2D eigenvalue weighted by Gasteiger charge is -2.07. The van der Waals surface area contributed by atoms with Gasteiger partial charge in [-0.15, -0.1) is 0 Å². The van der Waals surface area contributed by atoms with E-state index in [-0.39, 0.29) is 16.5 Å². The van der Waals surface area contributed by atoms with Gasteiger partial charge < -0.3 is 5.11 Å². The largest absolute Gasteiger partial charge is 0.384 e. The quantitative estimate of drug-likeness (QED) is 0.822. The van der Waals surface area contributed by atoms with Gasteiger partial charge in [0.15, 0.2) is 0 Å². The SMILES string of the molecule is CCCNS(=O)(=O)c1ccc(C#CCO)cc1Cl. The molecular weight excluding hydrogens is 274 g/mol. The van der Waals surface area contributed by atoms with Crippen LogP contribution < -0.4 is 4.72 Å². The molecular formula is C12H14ClNO3S. The van der Waals surface area contributed by atoms with E-state index in [4.69, 9.17) is 16.7 Å². The summed E-state index contributed by atoms with van der Waals surface area (Å²) in [5.74, 6) is 5.12. The lowest BCUT2D eigenvalue weighted by atomic mass is 10.2. The zero-order chi connectivity index (χ0) is 13.6. The maximum absolute atomic E-state index is 11.9. The summed E-state index contributed by atoms with van der Waals surface area (Å²) in [6, 6.07) is 4.42. The first-order valence-corrected chi connectivity index (χ1v) is 7.26. The van der Waals surface area contributed by atoms with Crippen LogP contribution in [-0.4, -0.2) is 26.7 Å². The van der Waals surface area contributed by atoms with Crippen LogP contribution in [0, 0.1) is 11.8 Å². The number of sulfonamides is 1. The molecule has 2 N–H and O–H groups in total. The van der Waals surface area contributed by atoms with E-state index in [1.807, 2.05) is 6.92 Å². The number of halogens is 1. The Hall–Kier alpha value is -1.06. The summed E-state index contributed by atoms with van der Waals surface area (Å²) >= 11 is 5.92. The molecule has 0 unspecified atom stereocenters. The predicted octanol–water partition coefficient (Wildman–Crippen LogP) is 1.37. The fourth-order valence-electron chi connectivity index (χ4n) is 1.25. The van der Waals surface area contributed by atoms with Crippen LogP contribution in [0.15, 0.2) is 23.1 Å². The number of aliphatic hydroxyl groups excluding tert-OH is 1. The van der Waals surface area contributed by atoms with Gasteiger partial charge in [0.25, 0.3) is 0 Å². The van der Waals surface area contributed by atoms with Gasteiger partial charge in [-0.25, -0.2) is 13.1 Å². The van der Waals surface area contributed by atoms with Gasteiger partial charge >= 0.3 is 0 Å². The minimum atomic E-state index is -3.57. The number of nitrogens with one attached hydrogen (secondary N) is 1. The van der Waals surface area contributed by atoms with Gasteiger partial charge in [0.2, 0.25) is 10.0 Å². The van der Waals surface area contributed by atoms with Gasteiger partial charge in [-0.2, -0.15) is 0 Å². The Morgan fingerprint density at radius 3 is 2.72 bits per heavy atom. The highest BCUT2D eigenvalue weighted by Crippen LogP contribution is 2.22. The monoisotopic (exact) mass is 287 g/mol. The normalized spacial score (nSPS) is 10.8. The zero-order valence-corrected chi connectivity index (χ0v) is 11.5. The molecule has 0 amide bonds. The molecule has 0 aromatic heterocycles. The second-order valence-electron chi connectivity index (χ2n) is 3.50.